The molecule has 20 heavy (non-hydrogen) atoms. The van der Waals surface area contributed by atoms with Gasteiger partial charge < -0.3 is 5.32 Å². The van der Waals surface area contributed by atoms with Crippen molar-refractivity contribution in [2.45, 2.75) is 75.8 Å². The van der Waals surface area contributed by atoms with Crippen LogP contribution in [0, 0.1) is 5.92 Å². The highest BCUT2D eigenvalue weighted by Gasteiger charge is 2.34. The van der Waals surface area contributed by atoms with Crippen LogP contribution in [-0.4, -0.2) is 12.1 Å². The number of benzene rings is 1. The Kier molecular flexibility index (Phi) is 3.56. The summed E-state index contributed by atoms with van der Waals surface area (Å²) in [7, 11) is 0. The second-order valence-electron chi connectivity index (χ2n) is 7.26. The highest BCUT2D eigenvalue weighted by atomic mass is 15.0. The third kappa shape index (κ3) is 2.41. The van der Waals surface area contributed by atoms with Gasteiger partial charge in [-0.25, -0.2) is 0 Å². The summed E-state index contributed by atoms with van der Waals surface area (Å²) in [5.41, 5.74) is 3.28. The fourth-order valence-electron chi connectivity index (χ4n) is 5.03. The summed E-state index contributed by atoms with van der Waals surface area (Å²) in [6, 6.07) is 10.8. The fraction of sp³-hybridized carbons (Fsp3) is 0.684. The Morgan fingerprint density at radius 1 is 0.950 bits per heavy atom. The van der Waals surface area contributed by atoms with Gasteiger partial charge in [0.2, 0.25) is 0 Å². The van der Waals surface area contributed by atoms with Gasteiger partial charge in [0, 0.05) is 12.1 Å². The molecule has 4 unspecified atom stereocenters. The second kappa shape index (κ2) is 5.52. The average molecular weight is 269 g/mol. The number of rotatable bonds is 2. The average Bonchev–Trinajstić information content (AvgIpc) is 2.95. The van der Waals surface area contributed by atoms with Gasteiger partial charge in [-0.3, -0.25) is 0 Å². The Morgan fingerprint density at radius 2 is 1.90 bits per heavy atom. The van der Waals surface area contributed by atoms with Crippen molar-refractivity contribution in [3.8, 4) is 0 Å². The largest absolute Gasteiger partial charge is 0.311 e. The summed E-state index contributed by atoms with van der Waals surface area (Å²) >= 11 is 0. The SMILES string of the molecule is c1ccc2c(c1)CCCC2CC1CCC2CCCC2N1. The van der Waals surface area contributed by atoms with Crippen molar-refractivity contribution in [1.29, 1.82) is 0 Å². The first-order chi connectivity index (χ1) is 9.90. The van der Waals surface area contributed by atoms with Gasteiger partial charge in [-0.2, -0.15) is 0 Å². The molecule has 4 atom stereocenters. The lowest BCUT2D eigenvalue weighted by Gasteiger charge is -2.36. The zero-order chi connectivity index (χ0) is 13.4. The molecule has 1 saturated carbocycles. The molecule has 0 spiro atoms. The van der Waals surface area contributed by atoms with Crippen molar-refractivity contribution >= 4 is 0 Å². The van der Waals surface area contributed by atoms with Crippen molar-refractivity contribution in [3.05, 3.63) is 35.4 Å². The number of aryl methyl sites for hydroxylation is 1. The zero-order valence-electron chi connectivity index (χ0n) is 12.5. The predicted molar refractivity (Wildman–Crippen MR) is 84.0 cm³/mol. The van der Waals surface area contributed by atoms with Gasteiger partial charge in [0.1, 0.15) is 0 Å². The minimum atomic E-state index is 0.783. The molecule has 0 aromatic heterocycles. The van der Waals surface area contributed by atoms with Crippen LogP contribution in [0.3, 0.4) is 0 Å². The summed E-state index contributed by atoms with van der Waals surface area (Å²) in [4.78, 5) is 0. The maximum absolute atomic E-state index is 3.99. The van der Waals surface area contributed by atoms with E-state index in [1.807, 2.05) is 0 Å². The Bertz CT molecular complexity index is 467. The Morgan fingerprint density at radius 3 is 2.90 bits per heavy atom. The number of piperidine rings is 1. The summed E-state index contributed by atoms with van der Waals surface area (Å²) in [6.45, 7) is 0. The smallest absolute Gasteiger partial charge is 0.00979 e. The van der Waals surface area contributed by atoms with Crippen LogP contribution in [0.15, 0.2) is 24.3 Å². The first-order valence-corrected chi connectivity index (χ1v) is 8.74. The summed E-state index contributed by atoms with van der Waals surface area (Å²) in [5, 5.41) is 3.99. The van der Waals surface area contributed by atoms with Crippen LogP contribution in [0.25, 0.3) is 0 Å². The van der Waals surface area contributed by atoms with Crippen molar-refractivity contribution in [2.24, 2.45) is 5.92 Å². The van der Waals surface area contributed by atoms with E-state index in [0.717, 1.165) is 23.9 Å². The van der Waals surface area contributed by atoms with E-state index >= 15 is 0 Å². The second-order valence-corrected chi connectivity index (χ2v) is 7.26. The van der Waals surface area contributed by atoms with Gasteiger partial charge in [0.25, 0.3) is 0 Å². The van der Waals surface area contributed by atoms with E-state index < -0.39 is 0 Å². The van der Waals surface area contributed by atoms with Crippen molar-refractivity contribution < 1.29 is 0 Å². The molecule has 108 valence electrons. The minimum Gasteiger partial charge on any atom is -0.311 e. The lowest BCUT2D eigenvalue weighted by molar-refractivity contribution is 0.238. The van der Waals surface area contributed by atoms with Crippen LogP contribution in [0.5, 0.6) is 0 Å². The molecule has 4 rings (SSSR count). The molecule has 1 nitrogen and oxygen atoms in total. The van der Waals surface area contributed by atoms with Crippen LogP contribution in [0.1, 0.15) is 68.4 Å². The van der Waals surface area contributed by atoms with E-state index in [0.29, 0.717) is 0 Å². The molecule has 0 radical (unpaired) electrons. The third-order valence-electron chi connectivity index (χ3n) is 6.06. The number of nitrogens with one attached hydrogen (secondary N) is 1. The quantitative estimate of drug-likeness (QED) is 0.838. The van der Waals surface area contributed by atoms with Gasteiger partial charge in [0.15, 0.2) is 0 Å². The topological polar surface area (TPSA) is 12.0 Å². The first kappa shape index (κ1) is 12.9. The summed E-state index contributed by atoms with van der Waals surface area (Å²) < 4.78 is 0. The maximum Gasteiger partial charge on any atom is 0.00979 e. The van der Waals surface area contributed by atoms with Crippen molar-refractivity contribution in [2.75, 3.05) is 0 Å². The Balaban J connectivity index is 1.45. The molecule has 1 aromatic rings. The fourth-order valence-corrected chi connectivity index (χ4v) is 5.03. The molecule has 3 aliphatic rings. The molecule has 1 N–H and O–H groups in total. The number of hydrogen-bond donors (Lipinski definition) is 1. The standard InChI is InChI=1S/C19H27N/c1-2-9-18-14(5-1)6-3-8-16(18)13-17-12-11-15-7-4-10-19(15)20-17/h1-2,5,9,15-17,19-20H,3-4,6-8,10-13H2. The van der Waals surface area contributed by atoms with E-state index in [1.165, 1.54) is 57.8 Å². The van der Waals surface area contributed by atoms with E-state index in [-0.39, 0.29) is 0 Å². The maximum atomic E-state index is 3.99. The van der Waals surface area contributed by atoms with Gasteiger partial charge in [-0.05, 0) is 74.3 Å². The van der Waals surface area contributed by atoms with Crippen LogP contribution in [0.4, 0.5) is 0 Å². The minimum absolute atomic E-state index is 0.783. The van der Waals surface area contributed by atoms with Crippen molar-refractivity contribution in [3.63, 3.8) is 0 Å². The molecule has 0 amide bonds. The van der Waals surface area contributed by atoms with E-state index in [1.54, 1.807) is 11.1 Å². The zero-order valence-corrected chi connectivity index (χ0v) is 12.5. The predicted octanol–water partition coefficient (Wildman–Crippen LogP) is 4.42. The van der Waals surface area contributed by atoms with Gasteiger partial charge in [0.05, 0.1) is 0 Å². The molecule has 2 fully saturated rings. The molecule has 1 heterocycles. The third-order valence-corrected chi connectivity index (χ3v) is 6.06. The molecule has 0 bridgehead atoms. The van der Waals surface area contributed by atoms with Crippen LogP contribution in [-0.2, 0) is 6.42 Å². The Hall–Kier alpha value is -0.820. The monoisotopic (exact) mass is 269 g/mol. The normalized spacial score (nSPS) is 36.4. The lowest BCUT2D eigenvalue weighted by Crippen LogP contribution is -2.45. The van der Waals surface area contributed by atoms with Crippen molar-refractivity contribution in [1.82, 2.24) is 5.32 Å². The number of fused-ring (bicyclic) bond motifs is 2. The van der Waals surface area contributed by atoms with E-state index in [2.05, 4.69) is 29.6 Å². The highest BCUT2D eigenvalue weighted by Crippen LogP contribution is 2.39. The number of hydrogen-bond acceptors (Lipinski definition) is 1. The molecule has 1 aliphatic heterocycles. The van der Waals surface area contributed by atoms with Gasteiger partial charge in [-0.15, -0.1) is 0 Å². The highest BCUT2D eigenvalue weighted by molar-refractivity contribution is 5.32. The Labute approximate surface area is 123 Å². The molecule has 1 aromatic carbocycles. The summed E-state index contributed by atoms with van der Waals surface area (Å²) in [5.74, 6) is 1.82. The molecule has 1 heteroatoms. The van der Waals surface area contributed by atoms with Gasteiger partial charge >= 0.3 is 0 Å². The lowest BCUT2D eigenvalue weighted by atomic mass is 9.77. The summed E-state index contributed by atoms with van der Waals surface area (Å²) in [6.07, 6.45) is 12.7. The molecular formula is C19H27N. The van der Waals surface area contributed by atoms with E-state index in [9.17, 15) is 0 Å². The molecule has 2 aliphatic carbocycles. The van der Waals surface area contributed by atoms with E-state index in [4.69, 9.17) is 0 Å². The van der Waals surface area contributed by atoms with Crippen LogP contribution < -0.4 is 5.32 Å². The van der Waals surface area contributed by atoms with Crippen LogP contribution in [0.2, 0.25) is 0 Å². The first-order valence-electron chi connectivity index (χ1n) is 8.74. The molecular weight excluding hydrogens is 242 g/mol. The van der Waals surface area contributed by atoms with Gasteiger partial charge in [-0.1, -0.05) is 30.7 Å². The van der Waals surface area contributed by atoms with Crippen LogP contribution >= 0.6 is 0 Å². The molecule has 1 saturated heterocycles.